The lowest BCUT2D eigenvalue weighted by Gasteiger charge is -2.39. The summed E-state index contributed by atoms with van der Waals surface area (Å²) in [5.41, 5.74) is 5.91. The van der Waals surface area contributed by atoms with Gasteiger partial charge in [-0.25, -0.2) is 4.39 Å². The van der Waals surface area contributed by atoms with Gasteiger partial charge in [-0.05, 0) is 43.5 Å². The van der Waals surface area contributed by atoms with Gasteiger partial charge in [-0.15, -0.1) is 0 Å². The number of rotatable bonds is 2. The molecular weight excluding hydrogens is 207 g/mol. The fourth-order valence-corrected chi connectivity index (χ4v) is 1.89. The molecule has 1 saturated carbocycles. The molecule has 0 unspecified atom stereocenters. The van der Waals surface area contributed by atoms with Crippen molar-refractivity contribution in [3.63, 3.8) is 0 Å². The number of benzene rings is 1. The molecule has 1 fully saturated rings. The lowest BCUT2D eigenvalue weighted by molar-refractivity contribution is -0.126. The standard InChI is InChI=1S/C12H15FN2O/c1-15(10-5-3-9(13)4-6-10)11(16)12(14)7-2-8-12/h3-6H,2,7-8,14H2,1H3. The number of nitrogens with zero attached hydrogens (tertiary/aromatic N) is 1. The van der Waals surface area contributed by atoms with Crippen molar-refractivity contribution in [3.05, 3.63) is 30.1 Å². The van der Waals surface area contributed by atoms with Gasteiger partial charge in [-0.1, -0.05) is 0 Å². The Morgan fingerprint density at radius 2 is 1.94 bits per heavy atom. The van der Waals surface area contributed by atoms with E-state index >= 15 is 0 Å². The van der Waals surface area contributed by atoms with Gasteiger partial charge < -0.3 is 10.6 Å². The summed E-state index contributed by atoms with van der Waals surface area (Å²) in [4.78, 5) is 13.5. The molecule has 0 atom stereocenters. The Morgan fingerprint density at radius 1 is 1.38 bits per heavy atom. The third kappa shape index (κ3) is 1.80. The molecule has 1 amide bonds. The van der Waals surface area contributed by atoms with E-state index in [1.807, 2.05) is 0 Å². The molecule has 16 heavy (non-hydrogen) atoms. The van der Waals surface area contributed by atoms with Crippen LogP contribution in [0.2, 0.25) is 0 Å². The summed E-state index contributed by atoms with van der Waals surface area (Å²) >= 11 is 0. The quantitative estimate of drug-likeness (QED) is 0.827. The molecule has 0 saturated heterocycles. The van der Waals surface area contributed by atoms with Gasteiger partial charge in [0.2, 0.25) is 5.91 Å². The molecule has 0 aliphatic heterocycles. The lowest BCUT2D eigenvalue weighted by atomic mass is 9.76. The summed E-state index contributed by atoms with van der Waals surface area (Å²) in [6.07, 6.45) is 2.47. The van der Waals surface area contributed by atoms with Gasteiger partial charge >= 0.3 is 0 Å². The Kier molecular flexibility index (Phi) is 2.68. The maximum atomic E-state index is 12.7. The minimum atomic E-state index is -0.705. The number of hydrogen-bond acceptors (Lipinski definition) is 2. The number of carbonyl (C=O) groups is 1. The van der Waals surface area contributed by atoms with Crippen LogP contribution in [-0.4, -0.2) is 18.5 Å². The van der Waals surface area contributed by atoms with Gasteiger partial charge in [0.05, 0.1) is 5.54 Å². The van der Waals surface area contributed by atoms with Crippen molar-refractivity contribution in [1.29, 1.82) is 0 Å². The smallest absolute Gasteiger partial charge is 0.246 e. The van der Waals surface area contributed by atoms with E-state index in [4.69, 9.17) is 5.73 Å². The first kappa shape index (κ1) is 11.1. The van der Waals surface area contributed by atoms with Crippen molar-refractivity contribution in [2.24, 2.45) is 5.73 Å². The number of hydrogen-bond donors (Lipinski definition) is 1. The molecule has 0 radical (unpaired) electrons. The molecule has 4 heteroatoms. The second-order valence-electron chi connectivity index (χ2n) is 4.35. The van der Waals surface area contributed by atoms with Crippen LogP contribution in [0.3, 0.4) is 0 Å². The topological polar surface area (TPSA) is 46.3 Å². The minimum absolute atomic E-state index is 0.0923. The molecule has 1 aromatic carbocycles. The van der Waals surface area contributed by atoms with E-state index in [9.17, 15) is 9.18 Å². The number of carbonyl (C=O) groups excluding carboxylic acids is 1. The van der Waals surface area contributed by atoms with E-state index in [1.54, 1.807) is 19.2 Å². The van der Waals surface area contributed by atoms with Crippen LogP contribution < -0.4 is 10.6 Å². The van der Waals surface area contributed by atoms with Gasteiger partial charge in [0.1, 0.15) is 5.82 Å². The number of nitrogens with two attached hydrogens (primary N) is 1. The predicted molar refractivity (Wildman–Crippen MR) is 60.6 cm³/mol. The van der Waals surface area contributed by atoms with Crippen LogP contribution in [0.5, 0.6) is 0 Å². The summed E-state index contributed by atoms with van der Waals surface area (Å²) in [6, 6.07) is 5.83. The number of likely N-dealkylation sites (N-methyl/N-ethyl adjacent to an activating group) is 1. The van der Waals surface area contributed by atoms with E-state index in [-0.39, 0.29) is 11.7 Å². The van der Waals surface area contributed by atoms with Crippen molar-refractivity contribution >= 4 is 11.6 Å². The molecule has 1 aliphatic rings. The van der Waals surface area contributed by atoms with Crippen LogP contribution in [0.4, 0.5) is 10.1 Å². The summed E-state index contributed by atoms with van der Waals surface area (Å²) in [5, 5.41) is 0. The van der Waals surface area contributed by atoms with Gasteiger partial charge in [-0.3, -0.25) is 4.79 Å². The van der Waals surface area contributed by atoms with Crippen LogP contribution in [0.15, 0.2) is 24.3 Å². The molecular formula is C12H15FN2O. The highest BCUT2D eigenvalue weighted by Gasteiger charge is 2.42. The largest absolute Gasteiger partial charge is 0.317 e. The second-order valence-corrected chi connectivity index (χ2v) is 4.35. The first-order valence-electron chi connectivity index (χ1n) is 5.35. The monoisotopic (exact) mass is 222 g/mol. The van der Waals surface area contributed by atoms with Gasteiger partial charge in [-0.2, -0.15) is 0 Å². The third-order valence-electron chi connectivity index (χ3n) is 3.19. The molecule has 0 spiro atoms. The van der Waals surface area contributed by atoms with Crippen LogP contribution in [-0.2, 0) is 4.79 Å². The summed E-state index contributed by atoms with van der Waals surface area (Å²) < 4.78 is 12.7. The molecule has 2 N–H and O–H groups in total. The molecule has 0 aromatic heterocycles. The number of anilines is 1. The van der Waals surface area contributed by atoms with E-state index < -0.39 is 5.54 Å². The minimum Gasteiger partial charge on any atom is -0.317 e. The van der Waals surface area contributed by atoms with E-state index in [2.05, 4.69) is 0 Å². The number of halogens is 1. The Hall–Kier alpha value is -1.42. The average molecular weight is 222 g/mol. The van der Waals surface area contributed by atoms with E-state index in [1.165, 1.54) is 17.0 Å². The summed E-state index contributed by atoms with van der Waals surface area (Å²) in [6.45, 7) is 0. The Bertz CT molecular complexity index is 398. The molecule has 3 nitrogen and oxygen atoms in total. The predicted octanol–water partition coefficient (Wildman–Crippen LogP) is 1.67. The molecule has 0 heterocycles. The highest BCUT2D eigenvalue weighted by atomic mass is 19.1. The van der Waals surface area contributed by atoms with Crippen LogP contribution in [0.1, 0.15) is 19.3 Å². The summed E-state index contributed by atoms with van der Waals surface area (Å²) in [5.74, 6) is -0.402. The van der Waals surface area contributed by atoms with Crippen LogP contribution in [0, 0.1) is 5.82 Å². The third-order valence-corrected chi connectivity index (χ3v) is 3.19. The zero-order valence-corrected chi connectivity index (χ0v) is 9.24. The molecule has 0 bridgehead atoms. The van der Waals surface area contributed by atoms with Crippen molar-refractivity contribution in [2.75, 3.05) is 11.9 Å². The Morgan fingerprint density at radius 3 is 2.38 bits per heavy atom. The van der Waals surface area contributed by atoms with Crippen LogP contribution in [0.25, 0.3) is 0 Å². The normalized spacial score (nSPS) is 17.7. The zero-order valence-electron chi connectivity index (χ0n) is 9.24. The maximum absolute atomic E-state index is 12.7. The van der Waals surface area contributed by atoms with Gasteiger partial charge in [0.15, 0.2) is 0 Å². The molecule has 1 aliphatic carbocycles. The SMILES string of the molecule is CN(C(=O)C1(N)CCC1)c1ccc(F)cc1. The van der Waals surface area contributed by atoms with E-state index in [0.29, 0.717) is 5.69 Å². The van der Waals surface area contributed by atoms with Crippen LogP contribution >= 0.6 is 0 Å². The zero-order chi connectivity index (χ0) is 11.8. The molecule has 86 valence electrons. The second kappa shape index (κ2) is 3.87. The highest BCUT2D eigenvalue weighted by molar-refractivity contribution is 6.00. The first-order chi connectivity index (χ1) is 7.53. The molecule has 2 rings (SSSR count). The Labute approximate surface area is 94.0 Å². The van der Waals surface area contributed by atoms with Gasteiger partial charge in [0, 0.05) is 12.7 Å². The lowest BCUT2D eigenvalue weighted by Crippen LogP contribution is -2.59. The van der Waals surface area contributed by atoms with Crippen molar-refractivity contribution in [3.8, 4) is 0 Å². The van der Waals surface area contributed by atoms with Crippen molar-refractivity contribution < 1.29 is 9.18 Å². The fourth-order valence-electron chi connectivity index (χ4n) is 1.89. The highest BCUT2D eigenvalue weighted by Crippen LogP contribution is 2.31. The Balaban J connectivity index is 2.15. The maximum Gasteiger partial charge on any atom is 0.246 e. The number of amides is 1. The molecule has 1 aromatic rings. The van der Waals surface area contributed by atoms with Crippen molar-refractivity contribution in [1.82, 2.24) is 0 Å². The van der Waals surface area contributed by atoms with Gasteiger partial charge in [0.25, 0.3) is 0 Å². The summed E-state index contributed by atoms with van der Waals surface area (Å²) in [7, 11) is 1.67. The van der Waals surface area contributed by atoms with Crippen molar-refractivity contribution in [2.45, 2.75) is 24.8 Å². The average Bonchev–Trinajstić information content (AvgIpc) is 2.25. The fraction of sp³-hybridized carbons (Fsp3) is 0.417. The first-order valence-corrected chi connectivity index (χ1v) is 5.35. The van der Waals surface area contributed by atoms with E-state index in [0.717, 1.165) is 19.3 Å².